The molecule has 0 aromatic carbocycles. The lowest BCUT2D eigenvalue weighted by molar-refractivity contribution is -0.0673. The Kier molecular flexibility index (Phi) is 2.13. The summed E-state index contributed by atoms with van der Waals surface area (Å²) in [7, 11) is 0. The monoisotopic (exact) mass is 170 g/mol. The Hall–Kier alpha value is -0.0800. The molecule has 1 saturated heterocycles. The standard InChI is InChI=1S/C10H18O2/c1-10(11,8-2-3-8)9-4-6-12-7-5-9/h8-9,11H,2-7H2,1H3/t10-/m1/s1. The van der Waals surface area contributed by atoms with Crippen molar-refractivity contribution in [2.45, 2.75) is 38.2 Å². The molecule has 0 aromatic heterocycles. The average molecular weight is 170 g/mol. The molecule has 1 aliphatic heterocycles. The van der Waals surface area contributed by atoms with E-state index in [1.54, 1.807) is 0 Å². The number of rotatable bonds is 2. The molecular weight excluding hydrogens is 152 g/mol. The van der Waals surface area contributed by atoms with Gasteiger partial charge in [0.2, 0.25) is 0 Å². The maximum Gasteiger partial charge on any atom is 0.0677 e. The smallest absolute Gasteiger partial charge is 0.0677 e. The molecule has 2 heteroatoms. The summed E-state index contributed by atoms with van der Waals surface area (Å²) in [5.41, 5.74) is -0.399. The molecule has 0 aromatic rings. The van der Waals surface area contributed by atoms with Gasteiger partial charge in [0, 0.05) is 13.2 Å². The Morgan fingerprint density at radius 3 is 2.08 bits per heavy atom. The van der Waals surface area contributed by atoms with Crippen molar-refractivity contribution in [3.05, 3.63) is 0 Å². The Bertz CT molecular complexity index is 155. The van der Waals surface area contributed by atoms with Gasteiger partial charge in [-0.15, -0.1) is 0 Å². The Balaban J connectivity index is 1.95. The fraction of sp³-hybridized carbons (Fsp3) is 1.00. The van der Waals surface area contributed by atoms with Crippen molar-refractivity contribution in [1.82, 2.24) is 0 Å². The summed E-state index contributed by atoms with van der Waals surface area (Å²) in [6.07, 6.45) is 4.54. The summed E-state index contributed by atoms with van der Waals surface area (Å²) >= 11 is 0. The van der Waals surface area contributed by atoms with Crippen LogP contribution >= 0.6 is 0 Å². The fourth-order valence-corrected chi connectivity index (χ4v) is 2.28. The van der Waals surface area contributed by atoms with Gasteiger partial charge in [0.15, 0.2) is 0 Å². The van der Waals surface area contributed by atoms with E-state index in [0.717, 1.165) is 26.1 Å². The van der Waals surface area contributed by atoms with Gasteiger partial charge in [-0.1, -0.05) is 0 Å². The molecule has 0 radical (unpaired) electrons. The van der Waals surface area contributed by atoms with Gasteiger partial charge in [-0.05, 0) is 44.4 Å². The molecule has 2 fully saturated rings. The van der Waals surface area contributed by atoms with Gasteiger partial charge in [0.25, 0.3) is 0 Å². The van der Waals surface area contributed by atoms with Crippen molar-refractivity contribution in [3.8, 4) is 0 Å². The molecule has 2 rings (SSSR count). The summed E-state index contributed by atoms with van der Waals surface area (Å²) in [4.78, 5) is 0. The highest BCUT2D eigenvalue weighted by Crippen LogP contribution is 2.45. The third-order valence-electron chi connectivity index (χ3n) is 3.45. The van der Waals surface area contributed by atoms with Crippen molar-refractivity contribution < 1.29 is 9.84 Å². The van der Waals surface area contributed by atoms with E-state index in [0.29, 0.717) is 11.8 Å². The van der Waals surface area contributed by atoms with Crippen LogP contribution < -0.4 is 0 Å². The van der Waals surface area contributed by atoms with E-state index in [4.69, 9.17) is 4.74 Å². The lowest BCUT2D eigenvalue weighted by Crippen LogP contribution is -2.40. The fourth-order valence-electron chi connectivity index (χ4n) is 2.28. The van der Waals surface area contributed by atoms with Crippen LogP contribution in [-0.2, 0) is 4.74 Å². The van der Waals surface area contributed by atoms with E-state index in [1.165, 1.54) is 12.8 Å². The van der Waals surface area contributed by atoms with Crippen molar-refractivity contribution >= 4 is 0 Å². The van der Waals surface area contributed by atoms with Crippen LogP contribution in [0, 0.1) is 11.8 Å². The van der Waals surface area contributed by atoms with Crippen LogP contribution in [0.1, 0.15) is 32.6 Å². The Morgan fingerprint density at radius 1 is 1.08 bits per heavy atom. The molecule has 0 amide bonds. The van der Waals surface area contributed by atoms with E-state index in [1.807, 2.05) is 6.92 Å². The summed E-state index contributed by atoms with van der Waals surface area (Å²) in [5, 5.41) is 10.2. The van der Waals surface area contributed by atoms with E-state index in [9.17, 15) is 5.11 Å². The SMILES string of the molecule is C[C@](O)(C1CCOCC1)C1CC1. The van der Waals surface area contributed by atoms with Gasteiger partial charge in [-0.25, -0.2) is 0 Å². The largest absolute Gasteiger partial charge is 0.390 e. The minimum Gasteiger partial charge on any atom is -0.390 e. The summed E-state index contributed by atoms with van der Waals surface area (Å²) in [6, 6.07) is 0. The van der Waals surface area contributed by atoms with E-state index < -0.39 is 5.60 Å². The first-order chi connectivity index (χ1) is 5.71. The van der Waals surface area contributed by atoms with Crippen molar-refractivity contribution in [2.75, 3.05) is 13.2 Å². The molecule has 2 nitrogen and oxygen atoms in total. The molecule has 1 atom stereocenters. The van der Waals surface area contributed by atoms with Crippen molar-refractivity contribution in [2.24, 2.45) is 11.8 Å². The van der Waals surface area contributed by atoms with E-state index in [2.05, 4.69) is 0 Å². The summed E-state index contributed by atoms with van der Waals surface area (Å²) in [6.45, 7) is 3.70. The molecule has 1 saturated carbocycles. The Morgan fingerprint density at radius 2 is 1.58 bits per heavy atom. The molecule has 1 N–H and O–H groups in total. The van der Waals surface area contributed by atoms with Gasteiger partial charge in [-0.2, -0.15) is 0 Å². The second-order valence-electron chi connectivity index (χ2n) is 4.39. The first kappa shape index (κ1) is 8.52. The van der Waals surface area contributed by atoms with Crippen molar-refractivity contribution in [3.63, 3.8) is 0 Å². The van der Waals surface area contributed by atoms with Crippen LogP contribution in [0.2, 0.25) is 0 Å². The minimum absolute atomic E-state index is 0.399. The third-order valence-corrected chi connectivity index (χ3v) is 3.45. The van der Waals surface area contributed by atoms with Crippen LogP contribution in [0.25, 0.3) is 0 Å². The van der Waals surface area contributed by atoms with Crippen LogP contribution in [-0.4, -0.2) is 23.9 Å². The van der Waals surface area contributed by atoms with Gasteiger partial charge in [-0.3, -0.25) is 0 Å². The molecule has 2 aliphatic rings. The summed E-state index contributed by atoms with van der Waals surface area (Å²) < 4.78 is 5.28. The van der Waals surface area contributed by atoms with Gasteiger partial charge < -0.3 is 9.84 Å². The molecular formula is C10H18O2. The zero-order valence-corrected chi connectivity index (χ0v) is 7.75. The number of ether oxygens (including phenoxy) is 1. The third kappa shape index (κ3) is 1.50. The van der Waals surface area contributed by atoms with Crippen LogP contribution in [0.5, 0.6) is 0 Å². The lowest BCUT2D eigenvalue weighted by Gasteiger charge is -2.35. The number of hydrogen-bond donors (Lipinski definition) is 1. The maximum absolute atomic E-state index is 10.2. The topological polar surface area (TPSA) is 29.5 Å². The molecule has 0 bridgehead atoms. The normalized spacial score (nSPS) is 31.5. The highest BCUT2D eigenvalue weighted by atomic mass is 16.5. The van der Waals surface area contributed by atoms with Gasteiger partial charge in [0.05, 0.1) is 5.60 Å². The second kappa shape index (κ2) is 3.00. The summed E-state index contributed by atoms with van der Waals surface area (Å²) in [5.74, 6) is 1.07. The predicted octanol–water partition coefficient (Wildman–Crippen LogP) is 1.57. The van der Waals surface area contributed by atoms with E-state index in [-0.39, 0.29) is 0 Å². The Labute approximate surface area is 73.9 Å². The zero-order chi connectivity index (χ0) is 8.60. The molecule has 70 valence electrons. The first-order valence-corrected chi connectivity index (χ1v) is 5.01. The average Bonchev–Trinajstić information content (AvgIpc) is 2.88. The lowest BCUT2D eigenvalue weighted by atomic mass is 9.80. The zero-order valence-electron chi connectivity index (χ0n) is 7.75. The molecule has 12 heavy (non-hydrogen) atoms. The molecule has 1 aliphatic carbocycles. The highest BCUT2D eigenvalue weighted by molar-refractivity contribution is 4.96. The minimum atomic E-state index is -0.399. The van der Waals surface area contributed by atoms with Gasteiger partial charge >= 0.3 is 0 Å². The maximum atomic E-state index is 10.2. The first-order valence-electron chi connectivity index (χ1n) is 5.01. The van der Waals surface area contributed by atoms with Crippen LogP contribution in [0.3, 0.4) is 0 Å². The second-order valence-corrected chi connectivity index (χ2v) is 4.39. The predicted molar refractivity (Wildman–Crippen MR) is 46.9 cm³/mol. The highest BCUT2D eigenvalue weighted by Gasteiger charge is 2.45. The van der Waals surface area contributed by atoms with Crippen LogP contribution in [0.4, 0.5) is 0 Å². The molecule has 0 spiro atoms. The number of aliphatic hydroxyl groups is 1. The molecule has 1 heterocycles. The van der Waals surface area contributed by atoms with Gasteiger partial charge in [0.1, 0.15) is 0 Å². The molecule has 0 unspecified atom stereocenters. The number of hydrogen-bond acceptors (Lipinski definition) is 2. The van der Waals surface area contributed by atoms with Crippen molar-refractivity contribution in [1.29, 1.82) is 0 Å². The van der Waals surface area contributed by atoms with E-state index >= 15 is 0 Å². The quantitative estimate of drug-likeness (QED) is 0.681. The van der Waals surface area contributed by atoms with Crippen LogP contribution in [0.15, 0.2) is 0 Å².